The van der Waals surface area contributed by atoms with Gasteiger partial charge in [0.2, 0.25) is 0 Å². The molecule has 298 valence electrons. The molecule has 60 heavy (non-hydrogen) atoms. The fourth-order valence-electron chi connectivity index (χ4n) is 7.38. The van der Waals surface area contributed by atoms with Gasteiger partial charge in [-0.25, -0.2) is 9.97 Å². The molecular formula is C44H18Br4Cl8N4. The van der Waals surface area contributed by atoms with Crippen molar-refractivity contribution in [3.8, 4) is 44.5 Å². The normalized spacial score (nSPS) is 12.2. The van der Waals surface area contributed by atoms with Gasteiger partial charge < -0.3 is 9.97 Å². The van der Waals surface area contributed by atoms with Gasteiger partial charge in [-0.1, -0.05) is 157 Å². The van der Waals surface area contributed by atoms with Crippen LogP contribution in [0.1, 0.15) is 22.8 Å². The van der Waals surface area contributed by atoms with Gasteiger partial charge in [0.15, 0.2) is 0 Å². The van der Waals surface area contributed by atoms with Crippen LogP contribution >= 0.6 is 157 Å². The van der Waals surface area contributed by atoms with E-state index in [4.69, 9.17) is 103 Å². The van der Waals surface area contributed by atoms with E-state index in [2.05, 4.69) is 73.7 Å². The van der Waals surface area contributed by atoms with Gasteiger partial charge in [-0.3, -0.25) is 0 Å². The van der Waals surface area contributed by atoms with Crippen LogP contribution in [-0.2, 0) is 0 Å². The molecule has 9 rings (SSSR count). The van der Waals surface area contributed by atoms with Gasteiger partial charge in [0.05, 0.1) is 63.0 Å². The molecule has 2 aliphatic heterocycles. The standard InChI is InChI=1S/C44H18Br4Cl8N4/c45-17-9-21(49)37(22(50)10-17)41-29-1-2-30(57-29)42(38-23(51)11-18(46)12-24(38)52)32-5-6-34(59-32)44(40-27(55)15-20(48)16-28(40)56)36-8-7-35(60-36)43(33-4-3-31(41)58-33)39-25(53)13-19(47)14-26(39)54/h1-16,57-58H. The van der Waals surface area contributed by atoms with Crippen molar-refractivity contribution in [3.05, 3.63) is 154 Å². The lowest BCUT2D eigenvalue weighted by atomic mass is 10.0. The van der Waals surface area contributed by atoms with Crippen LogP contribution in [0.5, 0.6) is 0 Å². The number of aromatic nitrogens is 4. The Bertz CT molecular complexity index is 3020. The van der Waals surface area contributed by atoms with E-state index in [-0.39, 0.29) is 0 Å². The molecule has 0 atom stereocenters. The van der Waals surface area contributed by atoms with Gasteiger partial charge in [0.25, 0.3) is 0 Å². The summed E-state index contributed by atoms with van der Waals surface area (Å²) in [5.41, 5.74) is 9.53. The summed E-state index contributed by atoms with van der Waals surface area (Å²) in [5.74, 6) is 0. The fraction of sp³-hybridized carbons (Fsp3) is 0. The summed E-state index contributed by atoms with van der Waals surface area (Å²) in [7, 11) is 0. The third kappa shape index (κ3) is 7.86. The summed E-state index contributed by atoms with van der Waals surface area (Å²) in [4.78, 5) is 17.8. The third-order valence-corrected chi connectivity index (χ3v) is 14.0. The minimum atomic E-state index is 0.385. The monoisotopic (exact) mass is 1200 g/mol. The Balaban J connectivity index is 1.54. The Morgan fingerprint density at radius 2 is 0.517 bits per heavy atom. The van der Waals surface area contributed by atoms with Crippen LogP contribution in [0.4, 0.5) is 0 Å². The van der Waals surface area contributed by atoms with Crippen LogP contribution in [0.2, 0.25) is 40.2 Å². The lowest BCUT2D eigenvalue weighted by molar-refractivity contribution is 1.27. The molecular weight excluding hydrogens is 1190 g/mol. The highest BCUT2D eigenvalue weighted by molar-refractivity contribution is 9.11. The number of rotatable bonds is 4. The van der Waals surface area contributed by atoms with Crippen LogP contribution in [0.3, 0.4) is 0 Å². The molecule has 4 aromatic carbocycles. The Morgan fingerprint density at radius 3 is 0.800 bits per heavy atom. The van der Waals surface area contributed by atoms with Crippen molar-refractivity contribution in [3.63, 3.8) is 0 Å². The molecule has 0 unspecified atom stereocenters. The van der Waals surface area contributed by atoms with Crippen molar-refractivity contribution in [1.29, 1.82) is 0 Å². The van der Waals surface area contributed by atoms with E-state index in [1.807, 2.05) is 48.6 Å². The van der Waals surface area contributed by atoms with E-state index in [1.54, 1.807) is 48.5 Å². The molecule has 0 amide bonds. The number of nitrogens with one attached hydrogen (secondary N) is 2. The van der Waals surface area contributed by atoms with E-state index < -0.39 is 0 Å². The topological polar surface area (TPSA) is 57.4 Å². The summed E-state index contributed by atoms with van der Waals surface area (Å²) >= 11 is 70.5. The Labute approximate surface area is 416 Å². The molecule has 16 heteroatoms. The molecule has 2 aliphatic rings. The SMILES string of the molecule is Clc1cc(Br)cc(Cl)c1-c1c2nc(c(-c3c(Cl)cc(Br)cc3Cl)c3ccc([nH]3)c(-c3c(Cl)cc(Br)cc3Cl)c3ccc([nH]3)c(-c3c(Cl)cc(Br)cc3Cl)c3nc1C=C3)C=C2. The molecule has 0 aliphatic carbocycles. The first-order chi connectivity index (χ1) is 28.7. The van der Waals surface area contributed by atoms with Crippen LogP contribution in [-0.4, -0.2) is 19.9 Å². The van der Waals surface area contributed by atoms with E-state index in [0.29, 0.717) is 143 Å². The molecule has 4 nitrogen and oxygen atoms in total. The first kappa shape index (κ1) is 43.0. The van der Waals surface area contributed by atoms with Crippen LogP contribution in [0.15, 0.2) is 90.7 Å². The third-order valence-electron chi connectivity index (χ3n) is 9.78. The van der Waals surface area contributed by atoms with Crippen LogP contribution < -0.4 is 0 Å². The van der Waals surface area contributed by atoms with Crippen molar-refractivity contribution >= 4 is 203 Å². The van der Waals surface area contributed by atoms with Crippen LogP contribution in [0.25, 0.3) is 90.9 Å². The highest BCUT2D eigenvalue weighted by Gasteiger charge is 2.25. The fourth-order valence-corrected chi connectivity index (χ4v) is 13.0. The van der Waals surface area contributed by atoms with Crippen molar-refractivity contribution < 1.29 is 0 Å². The lowest BCUT2D eigenvalue weighted by Crippen LogP contribution is -1.93. The second-order valence-corrected chi connectivity index (χ2v) is 20.4. The molecule has 0 fully saturated rings. The lowest BCUT2D eigenvalue weighted by Gasteiger charge is -2.12. The summed E-state index contributed by atoms with van der Waals surface area (Å²) in [6.45, 7) is 0. The number of H-pyrrole nitrogens is 2. The number of hydrogen-bond donors (Lipinski definition) is 2. The van der Waals surface area contributed by atoms with Gasteiger partial charge in [-0.2, -0.15) is 0 Å². The number of halogens is 12. The van der Waals surface area contributed by atoms with Gasteiger partial charge in [0.1, 0.15) is 0 Å². The quantitative estimate of drug-likeness (QED) is 0.184. The molecule has 0 saturated carbocycles. The van der Waals surface area contributed by atoms with Gasteiger partial charge >= 0.3 is 0 Å². The molecule has 0 saturated heterocycles. The highest BCUT2D eigenvalue weighted by atomic mass is 79.9. The molecule has 3 aromatic heterocycles. The second kappa shape index (κ2) is 17.0. The zero-order valence-electron chi connectivity index (χ0n) is 29.7. The number of benzene rings is 4. The zero-order valence-corrected chi connectivity index (χ0v) is 42.1. The minimum absolute atomic E-state index is 0.385. The van der Waals surface area contributed by atoms with E-state index in [0.717, 1.165) is 4.47 Å². The zero-order chi connectivity index (χ0) is 42.3. The molecule has 2 N–H and O–H groups in total. The van der Waals surface area contributed by atoms with Gasteiger partial charge in [0, 0.05) is 84.5 Å². The predicted molar refractivity (Wildman–Crippen MR) is 271 cm³/mol. The maximum absolute atomic E-state index is 7.06. The van der Waals surface area contributed by atoms with Gasteiger partial charge in [-0.05, 0) is 97.1 Å². The van der Waals surface area contributed by atoms with E-state index >= 15 is 0 Å². The first-order valence-corrected chi connectivity index (χ1v) is 23.6. The van der Waals surface area contributed by atoms with Gasteiger partial charge in [-0.15, -0.1) is 0 Å². The second-order valence-electron chi connectivity index (χ2n) is 13.5. The van der Waals surface area contributed by atoms with Crippen LogP contribution in [0, 0.1) is 0 Å². The maximum atomic E-state index is 7.06. The van der Waals surface area contributed by atoms with E-state index in [1.165, 1.54) is 0 Å². The molecule has 5 heterocycles. The minimum Gasteiger partial charge on any atom is -0.354 e. The Morgan fingerprint density at radius 1 is 0.300 bits per heavy atom. The largest absolute Gasteiger partial charge is 0.354 e. The Kier molecular flexibility index (Phi) is 12.2. The van der Waals surface area contributed by atoms with Crippen molar-refractivity contribution in [1.82, 2.24) is 19.9 Å². The van der Waals surface area contributed by atoms with E-state index in [9.17, 15) is 0 Å². The first-order valence-electron chi connectivity index (χ1n) is 17.4. The summed E-state index contributed by atoms with van der Waals surface area (Å²) in [6.07, 6.45) is 7.56. The van der Waals surface area contributed by atoms with Crippen molar-refractivity contribution in [2.45, 2.75) is 0 Å². The number of nitrogens with zero attached hydrogens (tertiary/aromatic N) is 2. The summed E-state index contributed by atoms with van der Waals surface area (Å²) < 4.78 is 2.86. The predicted octanol–water partition coefficient (Wildman–Crippen LogP) is 19.6. The summed E-state index contributed by atoms with van der Waals surface area (Å²) in [6, 6.07) is 22.0. The highest BCUT2D eigenvalue weighted by Crippen LogP contribution is 2.48. The number of aromatic amines is 2. The molecule has 0 spiro atoms. The molecule has 8 bridgehead atoms. The Hall–Kier alpha value is -2.28. The molecule has 7 aromatic rings. The number of hydrogen-bond acceptors (Lipinski definition) is 2. The smallest absolute Gasteiger partial charge is 0.0739 e. The maximum Gasteiger partial charge on any atom is 0.0739 e. The summed E-state index contributed by atoms with van der Waals surface area (Å²) in [5, 5.41) is 3.19. The number of fused-ring (bicyclic) bond motifs is 8. The van der Waals surface area contributed by atoms with Crippen molar-refractivity contribution in [2.24, 2.45) is 0 Å². The average molecular weight is 1210 g/mol. The average Bonchev–Trinajstić information content (AvgIpc) is 3.99. The van der Waals surface area contributed by atoms with Crippen molar-refractivity contribution in [2.75, 3.05) is 0 Å². The molecule has 0 radical (unpaired) electrons.